The van der Waals surface area contributed by atoms with Crippen LogP contribution in [0.1, 0.15) is 13.3 Å². The minimum Gasteiger partial charge on any atom is -0.493 e. The Balaban J connectivity index is 1.93. The van der Waals surface area contributed by atoms with Crippen LogP contribution in [0.25, 0.3) is 0 Å². The molecule has 110 valence electrons. The van der Waals surface area contributed by atoms with Crippen LogP contribution >= 0.6 is 0 Å². The fourth-order valence-corrected chi connectivity index (χ4v) is 2.12. The largest absolute Gasteiger partial charge is 0.493 e. The van der Waals surface area contributed by atoms with E-state index in [4.69, 9.17) is 10.5 Å². The maximum atomic E-state index is 12.3. The Morgan fingerprint density at radius 1 is 1.10 bits per heavy atom. The van der Waals surface area contributed by atoms with Gasteiger partial charge in [0.25, 0.3) is 0 Å². The summed E-state index contributed by atoms with van der Waals surface area (Å²) in [6.45, 7) is 2.87. The van der Waals surface area contributed by atoms with Crippen molar-refractivity contribution in [2.75, 3.05) is 23.8 Å². The Morgan fingerprint density at radius 2 is 1.76 bits per heavy atom. The number of nitrogen functional groups attached to an aromatic ring is 1. The van der Waals surface area contributed by atoms with Crippen LogP contribution in [0.2, 0.25) is 0 Å². The number of hydrogen-bond acceptors (Lipinski definition) is 3. The molecule has 2 aromatic carbocycles. The summed E-state index contributed by atoms with van der Waals surface area (Å²) in [5.74, 6) is 0.777. The van der Waals surface area contributed by atoms with Gasteiger partial charge in [0.1, 0.15) is 5.75 Å². The molecule has 0 aliphatic heterocycles. The first-order valence-corrected chi connectivity index (χ1v) is 7.05. The molecular formula is C17H20N2O2. The van der Waals surface area contributed by atoms with E-state index >= 15 is 0 Å². The zero-order valence-electron chi connectivity index (χ0n) is 12.2. The number of carbonyl (C=O) groups excluding carboxylic acids is 1. The highest BCUT2D eigenvalue weighted by atomic mass is 16.5. The summed E-state index contributed by atoms with van der Waals surface area (Å²) in [5.41, 5.74) is 7.29. The molecule has 0 aromatic heterocycles. The van der Waals surface area contributed by atoms with E-state index in [1.807, 2.05) is 55.5 Å². The second-order valence-electron chi connectivity index (χ2n) is 4.61. The highest BCUT2D eigenvalue weighted by Crippen LogP contribution is 2.23. The van der Waals surface area contributed by atoms with Crippen LogP contribution < -0.4 is 15.4 Å². The third-order valence-electron chi connectivity index (χ3n) is 3.17. The zero-order chi connectivity index (χ0) is 15.1. The second kappa shape index (κ2) is 7.33. The zero-order valence-corrected chi connectivity index (χ0v) is 12.2. The van der Waals surface area contributed by atoms with Crippen LogP contribution in [-0.4, -0.2) is 19.1 Å². The lowest BCUT2D eigenvalue weighted by molar-refractivity contribution is -0.119. The van der Waals surface area contributed by atoms with E-state index in [-0.39, 0.29) is 5.91 Å². The predicted octanol–water partition coefficient (Wildman–Crippen LogP) is 3.09. The topological polar surface area (TPSA) is 55.6 Å². The van der Waals surface area contributed by atoms with Gasteiger partial charge in [-0.3, -0.25) is 4.79 Å². The molecule has 0 unspecified atom stereocenters. The van der Waals surface area contributed by atoms with Crippen molar-refractivity contribution in [3.8, 4) is 5.75 Å². The van der Waals surface area contributed by atoms with E-state index in [2.05, 4.69) is 0 Å². The van der Waals surface area contributed by atoms with Crippen LogP contribution in [0.3, 0.4) is 0 Å². The molecule has 0 saturated heterocycles. The molecule has 0 aliphatic carbocycles. The van der Waals surface area contributed by atoms with Crippen LogP contribution in [0.15, 0.2) is 54.6 Å². The normalized spacial score (nSPS) is 10.1. The molecule has 0 radical (unpaired) electrons. The number of amides is 1. The van der Waals surface area contributed by atoms with Gasteiger partial charge in [0, 0.05) is 6.54 Å². The number of nitrogens with two attached hydrogens (primary N) is 1. The number of rotatable bonds is 6. The van der Waals surface area contributed by atoms with Gasteiger partial charge in [0.15, 0.2) is 0 Å². The molecule has 0 aliphatic rings. The SMILES string of the molecule is CCN(C(=O)CCOc1ccccc1)c1ccccc1N. The van der Waals surface area contributed by atoms with Gasteiger partial charge < -0.3 is 15.4 Å². The summed E-state index contributed by atoms with van der Waals surface area (Å²) in [6.07, 6.45) is 0.317. The first kappa shape index (κ1) is 14.9. The standard InChI is InChI=1S/C17H20N2O2/c1-2-19(16-11-7-6-10-15(16)18)17(20)12-13-21-14-8-4-3-5-9-14/h3-11H,2,12-13,18H2,1H3. The summed E-state index contributed by atoms with van der Waals surface area (Å²) in [6, 6.07) is 16.9. The van der Waals surface area contributed by atoms with Crippen molar-refractivity contribution in [3.63, 3.8) is 0 Å². The number of benzene rings is 2. The lowest BCUT2D eigenvalue weighted by Gasteiger charge is -2.22. The molecule has 2 rings (SSSR count). The average molecular weight is 284 g/mol. The number of carbonyl (C=O) groups is 1. The van der Waals surface area contributed by atoms with Gasteiger partial charge in [-0.2, -0.15) is 0 Å². The van der Waals surface area contributed by atoms with Crippen molar-refractivity contribution in [3.05, 3.63) is 54.6 Å². The molecule has 0 atom stereocenters. The van der Waals surface area contributed by atoms with E-state index in [1.54, 1.807) is 11.0 Å². The van der Waals surface area contributed by atoms with Crippen molar-refractivity contribution >= 4 is 17.3 Å². The van der Waals surface area contributed by atoms with Gasteiger partial charge >= 0.3 is 0 Å². The third kappa shape index (κ3) is 3.99. The molecule has 0 spiro atoms. The molecule has 0 fully saturated rings. The van der Waals surface area contributed by atoms with Gasteiger partial charge in [0.2, 0.25) is 5.91 Å². The summed E-state index contributed by atoms with van der Waals surface area (Å²) >= 11 is 0. The molecule has 4 heteroatoms. The molecule has 1 amide bonds. The van der Waals surface area contributed by atoms with Gasteiger partial charge in [-0.05, 0) is 31.2 Å². The number of anilines is 2. The quantitative estimate of drug-likeness (QED) is 0.829. The molecule has 2 aromatic rings. The maximum absolute atomic E-state index is 12.3. The Bertz CT molecular complexity index is 584. The number of hydrogen-bond donors (Lipinski definition) is 1. The van der Waals surface area contributed by atoms with E-state index in [9.17, 15) is 4.79 Å². The Labute approximate surface area is 125 Å². The fourth-order valence-electron chi connectivity index (χ4n) is 2.12. The van der Waals surface area contributed by atoms with E-state index in [1.165, 1.54) is 0 Å². The van der Waals surface area contributed by atoms with Crippen molar-refractivity contribution < 1.29 is 9.53 Å². The van der Waals surface area contributed by atoms with Gasteiger partial charge in [-0.15, -0.1) is 0 Å². The lowest BCUT2D eigenvalue weighted by atomic mass is 10.2. The first-order valence-electron chi connectivity index (χ1n) is 7.05. The van der Waals surface area contributed by atoms with Crippen LogP contribution in [0.5, 0.6) is 5.75 Å². The summed E-state index contributed by atoms with van der Waals surface area (Å²) in [4.78, 5) is 14.0. The Kier molecular flexibility index (Phi) is 5.21. The number of nitrogens with zero attached hydrogens (tertiary/aromatic N) is 1. The number of ether oxygens (including phenoxy) is 1. The van der Waals surface area contributed by atoms with Crippen molar-refractivity contribution in [2.24, 2.45) is 0 Å². The van der Waals surface area contributed by atoms with E-state index < -0.39 is 0 Å². The summed E-state index contributed by atoms with van der Waals surface area (Å²) < 4.78 is 5.56. The van der Waals surface area contributed by atoms with E-state index in [0.29, 0.717) is 25.3 Å². The minimum atomic E-state index is 0.00586. The Morgan fingerprint density at radius 3 is 2.43 bits per heavy atom. The average Bonchev–Trinajstić information content (AvgIpc) is 2.51. The minimum absolute atomic E-state index is 0.00586. The van der Waals surface area contributed by atoms with Gasteiger partial charge in [-0.1, -0.05) is 30.3 Å². The van der Waals surface area contributed by atoms with Crippen LogP contribution in [-0.2, 0) is 4.79 Å². The monoisotopic (exact) mass is 284 g/mol. The van der Waals surface area contributed by atoms with Crippen LogP contribution in [0.4, 0.5) is 11.4 Å². The van der Waals surface area contributed by atoms with E-state index in [0.717, 1.165) is 11.4 Å². The smallest absolute Gasteiger partial charge is 0.230 e. The summed E-state index contributed by atoms with van der Waals surface area (Å²) in [7, 11) is 0. The molecular weight excluding hydrogens is 264 g/mol. The number of para-hydroxylation sites is 3. The van der Waals surface area contributed by atoms with Crippen LogP contribution in [0, 0.1) is 0 Å². The third-order valence-corrected chi connectivity index (χ3v) is 3.17. The van der Waals surface area contributed by atoms with Crippen molar-refractivity contribution in [1.82, 2.24) is 0 Å². The van der Waals surface area contributed by atoms with Crippen molar-refractivity contribution in [2.45, 2.75) is 13.3 Å². The fraction of sp³-hybridized carbons (Fsp3) is 0.235. The van der Waals surface area contributed by atoms with Gasteiger partial charge in [0.05, 0.1) is 24.4 Å². The highest BCUT2D eigenvalue weighted by molar-refractivity contribution is 5.96. The first-order chi connectivity index (χ1) is 10.2. The Hall–Kier alpha value is -2.49. The molecule has 0 heterocycles. The molecule has 0 bridgehead atoms. The summed E-state index contributed by atoms with van der Waals surface area (Å²) in [5, 5.41) is 0. The predicted molar refractivity (Wildman–Crippen MR) is 85.4 cm³/mol. The van der Waals surface area contributed by atoms with Crippen molar-refractivity contribution in [1.29, 1.82) is 0 Å². The molecule has 0 saturated carbocycles. The highest BCUT2D eigenvalue weighted by Gasteiger charge is 2.15. The molecule has 2 N–H and O–H groups in total. The van der Waals surface area contributed by atoms with Gasteiger partial charge in [-0.25, -0.2) is 0 Å². The maximum Gasteiger partial charge on any atom is 0.230 e. The second-order valence-corrected chi connectivity index (χ2v) is 4.61. The molecule has 4 nitrogen and oxygen atoms in total. The lowest BCUT2D eigenvalue weighted by Crippen LogP contribution is -2.32. The molecule has 21 heavy (non-hydrogen) atoms.